The van der Waals surface area contributed by atoms with Crippen molar-refractivity contribution in [2.75, 3.05) is 0 Å². The quantitative estimate of drug-likeness (QED) is 0.543. The Morgan fingerprint density at radius 1 is 0.632 bits per heavy atom. The molecule has 0 aromatic rings. The molecule has 0 saturated heterocycles. The van der Waals surface area contributed by atoms with Gasteiger partial charge in [-0.3, -0.25) is 0 Å². The lowest BCUT2D eigenvalue weighted by Gasteiger charge is -2.34. The van der Waals surface area contributed by atoms with Crippen LogP contribution in [0.1, 0.15) is 62.3 Å². The van der Waals surface area contributed by atoms with E-state index in [2.05, 4.69) is 68.4 Å². The molecule has 1 aliphatic carbocycles. The van der Waals surface area contributed by atoms with Crippen molar-refractivity contribution in [2.45, 2.75) is 62.3 Å². The van der Waals surface area contributed by atoms with E-state index in [-0.39, 0.29) is 0 Å². The third kappa shape index (κ3) is 3.09. The second kappa shape index (κ2) is 6.46. The van der Waals surface area contributed by atoms with Crippen molar-refractivity contribution in [1.82, 2.24) is 0 Å². The summed E-state index contributed by atoms with van der Waals surface area (Å²) in [6.45, 7) is 21.7. The van der Waals surface area contributed by atoms with Crippen LogP contribution >= 0.6 is 0 Å². The molecule has 0 amide bonds. The zero-order valence-electron chi connectivity index (χ0n) is 14.7. The van der Waals surface area contributed by atoms with Crippen LogP contribution in [0, 0.1) is 47.3 Å². The van der Waals surface area contributed by atoms with Gasteiger partial charge < -0.3 is 0 Å². The maximum Gasteiger partial charge on any atom is -0.0144 e. The van der Waals surface area contributed by atoms with Gasteiger partial charge >= 0.3 is 0 Å². The summed E-state index contributed by atoms with van der Waals surface area (Å²) in [5, 5.41) is 0. The van der Waals surface area contributed by atoms with Crippen LogP contribution in [0.15, 0.2) is 11.6 Å². The van der Waals surface area contributed by atoms with E-state index in [9.17, 15) is 0 Å². The lowest BCUT2D eigenvalue weighted by Crippen LogP contribution is -2.29. The first-order valence-electron chi connectivity index (χ1n) is 8.40. The van der Waals surface area contributed by atoms with Crippen LogP contribution in [0.5, 0.6) is 0 Å². The van der Waals surface area contributed by atoms with Gasteiger partial charge in [-0.15, -0.1) is 0 Å². The largest absolute Gasteiger partial charge is 0.0879 e. The second-order valence-electron chi connectivity index (χ2n) is 7.97. The summed E-state index contributed by atoms with van der Waals surface area (Å²) in [6, 6.07) is 0. The van der Waals surface area contributed by atoms with Crippen molar-refractivity contribution >= 4 is 0 Å². The molecule has 0 radical (unpaired) electrons. The Morgan fingerprint density at radius 3 is 1.11 bits per heavy atom. The first-order chi connectivity index (χ1) is 8.73. The average Bonchev–Trinajstić information content (AvgIpc) is 2.63. The fraction of sp³-hybridized carbons (Fsp3) is 0.895. The fourth-order valence-corrected chi connectivity index (χ4v) is 4.91. The topological polar surface area (TPSA) is 0 Å². The van der Waals surface area contributed by atoms with Gasteiger partial charge in [0.1, 0.15) is 0 Å². The molecule has 0 N–H and O–H groups in total. The second-order valence-corrected chi connectivity index (χ2v) is 7.97. The Hall–Kier alpha value is -0.260. The van der Waals surface area contributed by atoms with Crippen molar-refractivity contribution in [3.05, 3.63) is 11.6 Å². The highest BCUT2D eigenvalue weighted by Crippen LogP contribution is 2.56. The Morgan fingerprint density at radius 2 is 0.947 bits per heavy atom. The molecular weight excluding hydrogens is 228 g/mol. The predicted molar refractivity (Wildman–Crippen MR) is 87.1 cm³/mol. The smallest absolute Gasteiger partial charge is 0.0144 e. The van der Waals surface area contributed by atoms with Crippen molar-refractivity contribution in [3.8, 4) is 0 Å². The minimum atomic E-state index is 0.767. The maximum atomic E-state index is 2.45. The van der Waals surface area contributed by atoms with Crippen LogP contribution in [0.4, 0.5) is 0 Å². The molecule has 0 nitrogen and oxygen atoms in total. The van der Waals surface area contributed by atoms with Gasteiger partial charge in [0.25, 0.3) is 0 Å². The number of allylic oxidation sites excluding steroid dienone is 2. The molecule has 0 heteroatoms. The number of hydrogen-bond donors (Lipinski definition) is 0. The van der Waals surface area contributed by atoms with Gasteiger partial charge in [-0.2, -0.15) is 0 Å². The average molecular weight is 264 g/mol. The molecule has 4 atom stereocenters. The standard InChI is InChI=1S/C19H36/c1-10-15-16(11(2)3)18(13(6)7)19(14(8)9)17(15)12(4)5/h10-14,16-19H,1-9H3. The van der Waals surface area contributed by atoms with E-state index in [4.69, 9.17) is 0 Å². The lowest BCUT2D eigenvalue weighted by molar-refractivity contribution is 0.131. The van der Waals surface area contributed by atoms with Crippen molar-refractivity contribution in [3.63, 3.8) is 0 Å². The fourth-order valence-electron chi connectivity index (χ4n) is 4.91. The molecular formula is C19H36. The van der Waals surface area contributed by atoms with Gasteiger partial charge in [0.05, 0.1) is 0 Å². The normalized spacial score (nSPS) is 32.2. The Bertz CT molecular complexity index is 278. The third-order valence-electron chi connectivity index (χ3n) is 5.35. The molecule has 1 fully saturated rings. The first-order valence-corrected chi connectivity index (χ1v) is 8.40. The molecule has 0 bridgehead atoms. The highest BCUT2D eigenvalue weighted by atomic mass is 14.5. The monoisotopic (exact) mass is 264 g/mol. The Balaban J connectivity index is 3.32. The molecule has 0 heterocycles. The molecule has 1 aliphatic rings. The van der Waals surface area contributed by atoms with Crippen molar-refractivity contribution < 1.29 is 0 Å². The van der Waals surface area contributed by atoms with Crippen LogP contribution < -0.4 is 0 Å². The maximum absolute atomic E-state index is 2.45. The summed E-state index contributed by atoms with van der Waals surface area (Å²) in [5.41, 5.74) is 1.77. The van der Waals surface area contributed by atoms with Gasteiger partial charge in [0.2, 0.25) is 0 Å². The summed E-state index contributed by atoms with van der Waals surface area (Å²) in [5.74, 6) is 6.43. The minimum absolute atomic E-state index is 0.767. The molecule has 0 aliphatic heterocycles. The van der Waals surface area contributed by atoms with E-state index in [1.807, 2.05) is 0 Å². The van der Waals surface area contributed by atoms with Gasteiger partial charge in [-0.25, -0.2) is 0 Å². The van der Waals surface area contributed by atoms with E-state index in [0.717, 1.165) is 47.3 Å². The Kier molecular flexibility index (Phi) is 5.71. The minimum Gasteiger partial charge on any atom is -0.0879 e. The van der Waals surface area contributed by atoms with E-state index in [1.54, 1.807) is 5.57 Å². The summed E-state index contributed by atoms with van der Waals surface area (Å²) in [6.07, 6.45) is 2.45. The molecule has 0 aromatic carbocycles. The molecule has 4 unspecified atom stereocenters. The van der Waals surface area contributed by atoms with Crippen molar-refractivity contribution in [1.29, 1.82) is 0 Å². The molecule has 19 heavy (non-hydrogen) atoms. The first kappa shape index (κ1) is 16.8. The molecule has 0 aromatic heterocycles. The van der Waals surface area contributed by atoms with Gasteiger partial charge in [-0.05, 0) is 54.3 Å². The van der Waals surface area contributed by atoms with E-state index < -0.39 is 0 Å². The SMILES string of the molecule is CC=C1C(C(C)C)C(C(C)C)C(C(C)C)C1C(C)C. The Labute approximate surface area is 122 Å². The van der Waals surface area contributed by atoms with E-state index >= 15 is 0 Å². The zero-order valence-corrected chi connectivity index (χ0v) is 14.7. The lowest BCUT2D eigenvalue weighted by atomic mass is 9.70. The van der Waals surface area contributed by atoms with E-state index in [0.29, 0.717) is 0 Å². The summed E-state index contributed by atoms with van der Waals surface area (Å²) in [7, 11) is 0. The predicted octanol–water partition coefficient (Wildman–Crippen LogP) is 6.04. The van der Waals surface area contributed by atoms with Crippen molar-refractivity contribution in [2.24, 2.45) is 47.3 Å². The van der Waals surface area contributed by atoms with Crippen LogP contribution in [-0.2, 0) is 0 Å². The van der Waals surface area contributed by atoms with E-state index in [1.165, 1.54) is 0 Å². The van der Waals surface area contributed by atoms with Crippen LogP contribution in [-0.4, -0.2) is 0 Å². The third-order valence-corrected chi connectivity index (χ3v) is 5.35. The highest BCUT2D eigenvalue weighted by molar-refractivity contribution is 5.22. The number of hydrogen-bond acceptors (Lipinski definition) is 0. The molecule has 0 spiro atoms. The summed E-state index contributed by atoms with van der Waals surface area (Å²) in [4.78, 5) is 0. The van der Waals surface area contributed by atoms with Crippen LogP contribution in [0.3, 0.4) is 0 Å². The summed E-state index contributed by atoms with van der Waals surface area (Å²) >= 11 is 0. The molecule has 1 rings (SSSR count). The molecule has 112 valence electrons. The highest BCUT2D eigenvalue weighted by Gasteiger charge is 2.49. The van der Waals surface area contributed by atoms with Crippen LogP contribution in [0.2, 0.25) is 0 Å². The van der Waals surface area contributed by atoms with Gasteiger partial charge in [0, 0.05) is 0 Å². The summed E-state index contributed by atoms with van der Waals surface area (Å²) < 4.78 is 0. The zero-order chi connectivity index (χ0) is 14.9. The van der Waals surface area contributed by atoms with Crippen LogP contribution in [0.25, 0.3) is 0 Å². The van der Waals surface area contributed by atoms with Gasteiger partial charge in [-0.1, -0.05) is 67.0 Å². The number of rotatable bonds is 4. The molecule has 1 saturated carbocycles. The van der Waals surface area contributed by atoms with Gasteiger partial charge in [0.15, 0.2) is 0 Å².